The van der Waals surface area contributed by atoms with Gasteiger partial charge < -0.3 is 9.73 Å². The molecule has 2 aromatic heterocycles. The van der Waals surface area contributed by atoms with Crippen LogP contribution in [0.3, 0.4) is 0 Å². The van der Waals surface area contributed by atoms with Crippen molar-refractivity contribution in [1.29, 1.82) is 0 Å². The van der Waals surface area contributed by atoms with Gasteiger partial charge in [0.05, 0.1) is 5.75 Å². The van der Waals surface area contributed by atoms with Gasteiger partial charge in [0.2, 0.25) is 10.9 Å². The number of anilines is 1. The van der Waals surface area contributed by atoms with E-state index in [2.05, 4.69) is 25.7 Å². The molecule has 0 radical (unpaired) electrons. The summed E-state index contributed by atoms with van der Waals surface area (Å²) in [4.78, 5) is 12.2. The molecule has 0 unspecified atom stereocenters. The van der Waals surface area contributed by atoms with Gasteiger partial charge in [-0.15, -0.1) is 20.4 Å². The van der Waals surface area contributed by atoms with Crippen LogP contribution < -0.4 is 5.32 Å². The molecule has 0 saturated heterocycles. The fourth-order valence-electron chi connectivity index (χ4n) is 2.22. The van der Waals surface area contributed by atoms with Crippen LogP contribution in [0.15, 0.2) is 58.2 Å². The van der Waals surface area contributed by atoms with E-state index in [4.69, 9.17) is 16.0 Å². The minimum atomic E-state index is -0.409. The van der Waals surface area contributed by atoms with E-state index in [1.807, 2.05) is 0 Å². The van der Waals surface area contributed by atoms with Gasteiger partial charge in [-0.2, -0.15) is 0 Å². The van der Waals surface area contributed by atoms with Crippen molar-refractivity contribution >= 4 is 46.3 Å². The van der Waals surface area contributed by atoms with E-state index in [0.717, 1.165) is 16.9 Å². The van der Waals surface area contributed by atoms with Gasteiger partial charge in [0.25, 0.3) is 11.1 Å². The molecule has 29 heavy (non-hydrogen) atoms. The number of amides is 1. The average Bonchev–Trinajstić information content (AvgIpc) is 3.38. The van der Waals surface area contributed by atoms with E-state index in [0.29, 0.717) is 32.6 Å². The Labute approximate surface area is 177 Å². The van der Waals surface area contributed by atoms with Crippen LogP contribution in [0.5, 0.6) is 0 Å². The van der Waals surface area contributed by atoms with Gasteiger partial charge >= 0.3 is 0 Å². The predicted molar refractivity (Wildman–Crippen MR) is 109 cm³/mol. The van der Waals surface area contributed by atoms with Crippen LogP contribution in [0.25, 0.3) is 11.5 Å². The summed E-state index contributed by atoms with van der Waals surface area (Å²) >= 11 is 8.32. The highest BCUT2D eigenvalue weighted by Gasteiger charge is 2.15. The molecule has 4 aromatic rings. The minimum Gasteiger partial charge on any atom is -0.411 e. The van der Waals surface area contributed by atoms with E-state index in [1.54, 1.807) is 24.3 Å². The molecule has 1 amide bonds. The zero-order valence-corrected chi connectivity index (χ0v) is 16.9. The van der Waals surface area contributed by atoms with E-state index < -0.39 is 5.91 Å². The molecule has 1 N–H and O–H groups in total. The van der Waals surface area contributed by atoms with Gasteiger partial charge in [-0.1, -0.05) is 34.7 Å². The summed E-state index contributed by atoms with van der Waals surface area (Å²) in [5.74, 6) is 0.0245. The van der Waals surface area contributed by atoms with Crippen LogP contribution in [-0.2, 0) is 5.75 Å². The lowest BCUT2D eigenvalue weighted by Crippen LogP contribution is -2.11. The molecule has 11 heteroatoms. The summed E-state index contributed by atoms with van der Waals surface area (Å²) < 4.78 is 18.5. The fraction of sp³-hybridized carbons (Fsp3) is 0.0556. The first-order valence-electron chi connectivity index (χ1n) is 8.18. The SMILES string of the molecule is O=C(Nc1ccc(F)cc1)c1nnc(CSc2nnc(-c3ccc(Cl)cc3)o2)s1. The second-order valence-corrected chi connectivity index (χ2v) is 8.06. The summed E-state index contributed by atoms with van der Waals surface area (Å²) in [5, 5.41) is 20.4. The van der Waals surface area contributed by atoms with Gasteiger partial charge in [0.15, 0.2) is 0 Å². The summed E-state index contributed by atoms with van der Waals surface area (Å²) in [5.41, 5.74) is 1.24. The highest BCUT2D eigenvalue weighted by Crippen LogP contribution is 2.27. The predicted octanol–water partition coefficient (Wildman–Crippen LogP) is 4.93. The lowest BCUT2D eigenvalue weighted by Gasteiger charge is -2.01. The zero-order valence-electron chi connectivity index (χ0n) is 14.5. The van der Waals surface area contributed by atoms with Gasteiger partial charge in [0.1, 0.15) is 10.8 Å². The Hall–Kier alpha value is -2.82. The Morgan fingerprint density at radius 2 is 1.83 bits per heavy atom. The van der Waals surface area contributed by atoms with E-state index >= 15 is 0 Å². The summed E-state index contributed by atoms with van der Waals surface area (Å²) in [6.07, 6.45) is 0. The molecule has 0 fully saturated rings. The number of halogens is 2. The highest BCUT2D eigenvalue weighted by molar-refractivity contribution is 7.98. The lowest BCUT2D eigenvalue weighted by atomic mass is 10.2. The van der Waals surface area contributed by atoms with Gasteiger partial charge in [-0.3, -0.25) is 4.79 Å². The Balaban J connectivity index is 1.35. The Kier molecular flexibility index (Phi) is 5.84. The molecular formula is C18H11ClFN5O2S2. The van der Waals surface area contributed by atoms with Crippen molar-refractivity contribution < 1.29 is 13.6 Å². The third-order valence-corrected chi connectivity index (χ3v) is 5.77. The van der Waals surface area contributed by atoms with Crippen LogP contribution in [0.4, 0.5) is 10.1 Å². The molecular weight excluding hydrogens is 437 g/mol. The van der Waals surface area contributed by atoms with Gasteiger partial charge in [-0.25, -0.2) is 4.39 Å². The first-order chi connectivity index (χ1) is 14.1. The van der Waals surface area contributed by atoms with Crippen molar-refractivity contribution in [2.45, 2.75) is 11.0 Å². The second kappa shape index (κ2) is 8.68. The number of hydrogen-bond donors (Lipinski definition) is 1. The molecule has 0 aliphatic heterocycles. The Morgan fingerprint density at radius 1 is 1.07 bits per heavy atom. The average molecular weight is 448 g/mol. The van der Waals surface area contributed by atoms with E-state index in [1.165, 1.54) is 36.0 Å². The van der Waals surface area contributed by atoms with Crippen LogP contribution in [0.1, 0.15) is 14.8 Å². The number of aromatic nitrogens is 4. The minimum absolute atomic E-state index is 0.206. The molecule has 0 aliphatic rings. The van der Waals surface area contributed by atoms with Crippen LogP contribution in [0, 0.1) is 5.82 Å². The standard InChI is InChI=1S/C18H11ClFN5O2S2/c19-11-3-1-10(2-4-11)16-23-25-18(27-16)28-9-14-22-24-17(29-14)15(26)21-13-7-5-12(20)6-8-13/h1-8H,9H2,(H,21,26). The van der Waals surface area contributed by atoms with E-state index in [9.17, 15) is 9.18 Å². The first kappa shape index (κ1) is 19.5. The molecule has 2 heterocycles. The quantitative estimate of drug-likeness (QED) is 0.419. The normalized spacial score (nSPS) is 10.8. The molecule has 4 rings (SSSR count). The number of hydrogen-bond acceptors (Lipinski definition) is 8. The van der Waals surface area contributed by atoms with Crippen molar-refractivity contribution in [3.8, 4) is 11.5 Å². The topological polar surface area (TPSA) is 93.8 Å². The molecule has 0 aliphatic carbocycles. The first-order valence-corrected chi connectivity index (χ1v) is 10.4. The third-order valence-electron chi connectivity index (χ3n) is 3.58. The van der Waals surface area contributed by atoms with Crippen molar-refractivity contribution in [2.24, 2.45) is 0 Å². The van der Waals surface area contributed by atoms with Crippen molar-refractivity contribution in [2.75, 3.05) is 5.32 Å². The largest absolute Gasteiger partial charge is 0.411 e. The molecule has 0 spiro atoms. The molecule has 0 atom stereocenters. The van der Waals surface area contributed by atoms with Gasteiger partial charge in [0, 0.05) is 16.3 Å². The summed E-state index contributed by atoms with van der Waals surface area (Å²) in [6.45, 7) is 0. The monoisotopic (exact) mass is 447 g/mol. The maximum absolute atomic E-state index is 12.9. The Morgan fingerprint density at radius 3 is 2.59 bits per heavy atom. The number of thioether (sulfide) groups is 1. The molecule has 0 saturated carbocycles. The summed E-state index contributed by atoms with van der Waals surface area (Å²) in [6, 6.07) is 12.5. The van der Waals surface area contributed by atoms with Crippen LogP contribution in [-0.4, -0.2) is 26.3 Å². The van der Waals surface area contributed by atoms with Crippen LogP contribution in [0.2, 0.25) is 5.02 Å². The number of benzene rings is 2. The maximum atomic E-state index is 12.9. The number of rotatable bonds is 6. The fourth-order valence-corrected chi connectivity index (χ4v) is 3.83. The number of nitrogens with one attached hydrogen (secondary N) is 1. The number of nitrogens with zero attached hydrogens (tertiary/aromatic N) is 4. The molecule has 7 nitrogen and oxygen atoms in total. The number of carbonyl (C=O) groups excluding carboxylic acids is 1. The van der Waals surface area contributed by atoms with Crippen LogP contribution >= 0.6 is 34.7 Å². The van der Waals surface area contributed by atoms with E-state index in [-0.39, 0.29) is 10.8 Å². The third kappa shape index (κ3) is 4.97. The lowest BCUT2D eigenvalue weighted by molar-refractivity contribution is 0.102. The zero-order chi connectivity index (χ0) is 20.2. The second-order valence-electron chi connectivity index (χ2n) is 5.63. The van der Waals surface area contributed by atoms with Gasteiger partial charge in [-0.05, 0) is 48.5 Å². The Bertz CT molecular complexity index is 1130. The summed E-state index contributed by atoms with van der Waals surface area (Å²) in [7, 11) is 0. The molecule has 146 valence electrons. The number of carbonyl (C=O) groups is 1. The molecule has 2 aromatic carbocycles. The van der Waals surface area contributed by atoms with Crippen molar-refractivity contribution in [3.05, 3.63) is 69.4 Å². The smallest absolute Gasteiger partial charge is 0.286 e. The maximum Gasteiger partial charge on any atom is 0.286 e. The van der Waals surface area contributed by atoms with Crippen molar-refractivity contribution in [3.63, 3.8) is 0 Å². The molecule has 0 bridgehead atoms. The van der Waals surface area contributed by atoms with Crippen molar-refractivity contribution in [1.82, 2.24) is 20.4 Å². The highest BCUT2D eigenvalue weighted by atomic mass is 35.5.